The van der Waals surface area contributed by atoms with Gasteiger partial charge in [0.25, 0.3) is 0 Å². The van der Waals surface area contributed by atoms with Crippen LogP contribution in [0.1, 0.15) is 18.1 Å². The number of alkyl halides is 3. The standard InChI is InChI=1S/C10H10ClF4NO.ClH/c11-6-3-5(1-2-7(6)12)8(17)4-9(16)10(13,14)15;/h1-3,8-9,17H,4,16H2;1H/t8-,9-;/m0./s1. The van der Waals surface area contributed by atoms with Crippen LogP contribution in [0.15, 0.2) is 18.2 Å². The van der Waals surface area contributed by atoms with Crippen LogP contribution in [0.25, 0.3) is 0 Å². The third-order valence-electron chi connectivity index (χ3n) is 2.23. The normalized spacial score (nSPS) is 14.8. The fourth-order valence-corrected chi connectivity index (χ4v) is 1.42. The van der Waals surface area contributed by atoms with Gasteiger partial charge < -0.3 is 10.8 Å². The molecule has 0 aliphatic heterocycles. The minimum Gasteiger partial charge on any atom is -0.388 e. The summed E-state index contributed by atoms with van der Waals surface area (Å²) < 4.78 is 49.2. The molecule has 0 heterocycles. The number of halogens is 6. The summed E-state index contributed by atoms with van der Waals surface area (Å²) >= 11 is 5.44. The van der Waals surface area contributed by atoms with Crippen molar-refractivity contribution in [1.82, 2.24) is 0 Å². The zero-order valence-electron chi connectivity index (χ0n) is 8.92. The van der Waals surface area contributed by atoms with Gasteiger partial charge in [-0.1, -0.05) is 17.7 Å². The summed E-state index contributed by atoms with van der Waals surface area (Å²) in [5.41, 5.74) is 4.96. The van der Waals surface area contributed by atoms with Crippen LogP contribution >= 0.6 is 24.0 Å². The number of aliphatic hydroxyl groups excluding tert-OH is 1. The Bertz CT molecular complexity index is 400. The molecule has 0 aliphatic rings. The van der Waals surface area contributed by atoms with E-state index in [1.54, 1.807) is 0 Å². The van der Waals surface area contributed by atoms with Gasteiger partial charge in [-0.2, -0.15) is 13.2 Å². The van der Waals surface area contributed by atoms with Crippen molar-refractivity contribution < 1.29 is 22.7 Å². The minimum absolute atomic E-state index is 0. The molecular formula is C10H11Cl2F4NO. The SMILES string of the molecule is Cl.N[C@@H](C[C@H](O)c1ccc(F)c(Cl)c1)C(F)(F)F. The van der Waals surface area contributed by atoms with Crippen molar-refractivity contribution in [2.75, 3.05) is 0 Å². The molecule has 104 valence electrons. The molecule has 0 aromatic heterocycles. The molecule has 8 heteroatoms. The number of hydrogen-bond donors (Lipinski definition) is 2. The van der Waals surface area contributed by atoms with Crippen molar-refractivity contribution in [2.45, 2.75) is 24.7 Å². The third-order valence-corrected chi connectivity index (χ3v) is 2.52. The molecule has 18 heavy (non-hydrogen) atoms. The second-order valence-electron chi connectivity index (χ2n) is 3.57. The van der Waals surface area contributed by atoms with E-state index in [-0.39, 0.29) is 23.0 Å². The molecule has 0 saturated carbocycles. The molecule has 1 aromatic carbocycles. The average Bonchev–Trinajstić information content (AvgIpc) is 2.20. The highest BCUT2D eigenvalue weighted by Crippen LogP contribution is 2.28. The summed E-state index contributed by atoms with van der Waals surface area (Å²) in [5.74, 6) is -0.706. The summed E-state index contributed by atoms with van der Waals surface area (Å²) in [7, 11) is 0. The molecule has 0 bridgehead atoms. The number of aliphatic hydroxyl groups is 1. The molecule has 0 amide bonds. The van der Waals surface area contributed by atoms with E-state index >= 15 is 0 Å². The lowest BCUT2D eigenvalue weighted by Gasteiger charge is -2.19. The van der Waals surface area contributed by atoms with Crippen molar-refractivity contribution in [3.8, 4) is 0 Å². The van der Waals surface area contributed by atoms with Crippen molar-refractivity contribution >= 4 is 24.0 Å². The Morgan fingerprint density at radius 3 is 2.33 bits per heavy atom. The van der Waals surface area contributed by atoms with Gasteiger partial charge in [0.15, 0.2) is 0 Å². The topological polar surface area (TPSA) is 46.2 Å². The Hall–Kier alpha value is -0.560. The summed E-state index contributed by atoms with van der Waals surface area (Å²) in [4.78, 5) is 0. The summed E-state index contributed by atoms with van der Waals surface area (Å²) in [6, 6.07) is 1.07. The molecule has 0 unspecified atom stereocenters. The van der Waals surface area contributed by atoms with E-state index in [0.29, 0.717) is 0 Å². The van der Waals surface area contributed by atoms with Crippen LogP contribution in [0, 0.1) is 5.82 Å². The molecule has 0 spiro atoms. The minimum atomic E-state index is -4.58. The highest BCUT2D eigenvalue weighted by molar-refractivity contribution is 6.30. The number of benzene rings is 1. The van der Waals surface area contributed by atoms with E-state index in [0.717, 1.165) is 18.2 Å². The Kier molecular flexibility index (Phi) is 6.36. The molecule has 1 rings (SSSR count). The second kappa shape index (κ2) is 6.56. The second-order valence-corrected chi connectivity index (χ2v) is 3.98. The highest BCUT2D eigenvalue weighted by Gasteiger charge is 2.37. The summed E-state index contributed by atoms with van der Waals surface area (Å²) in [6.45, 7) is 0. The molecule has 2 atom stereocenters. The van der Waals surface area contributed by atoms with E-state index in [9.17, 15) is 22.7 Å². The van der Waals surface area contributed by atoms with E-state index in [1.165, 1.54) is 0 Å². The maximum atomic E-state index is 12.8. The lowest BCUT2D eigenvalue weighted by molar-refractivity contribution is -0.153. The Balaban J connectivity index is 0.00000289. The molecule has 0 aliphatic carbocycles. The Morgan fingerprint density at radius 1 is 1.33 bits per heavy atom. The lowest BCUT2D eigenvalue weighted by Crippen LogP contribution is -2.38. The fourth-order valence-electron chi connectivity index (χ4n) is 1.23. The van der Waals surface area contributed by atoms with Crippen LogP contribution in [0.3, 0.4) is 0 Å². The maximum absolute atomic E-state index is 12.8. The monoisotopic (exact) mass is 307 g/mol. The maximum Gasteiger partial charge on any atom is 0.403 e. The average molecular weight is 308 g/mol. The number of hydrogen-bond acceptors (Lipinski definition) is 2. The zero-order valence-corrected chi connectivity index (χ0v) is 10.5. The molecule has 0 radical (unpaired) electrons. The van der Waals surface area contributed by atoms with Crippen molar-refractivity contribution in [1.29, 1.82) is 0 Å². The fraction of sp³-hybridized carbons (Fsp3) is 0.400. The first-order chi connectivity index (χ1) is 7.71. The first-order valence-electron chi connectivity index (χ1n) is 4.67. The number of nitrogens with two attached hydrogens (primary N) is 1. The van der Waals surface area contributed by atoms with Crippen LogP contribution < -0.4 is 5.73 Å². The van der Waals surface area contributed by atoms with Gasteiger partial charge in [0.2, 0.25) is 0 Å². The zero-order chi connectivity index (χ0) is 13.2. The van der Waals surface area contributed by atoms with Gasteiger partial charge >= 0.3 is 6.18 Å². The molecule has 3 N–H and O–H groups in total. The summed E-state index contributed by atoms with van der Waals surface area (Å²) in [6.07, 6.45) is -6.72. The first kappa shape index (κ1) is 17.4. The van der Waals surface area contributed by atoms with Crippen LogP contribution in [0.4, 0.5) is 17.6 Å². The Morgan fingerprint density at radius 2 is 1.89 bits per heavy atom. The third kappa shape index (κ3) is 4.61. The van der Waals surface area contributed by atoms with E-state index in [1.807, 2.05) is 0 Å². The van der Waals surface area contributed by atoms with Crippen LogP contribution in [-0.2, 0) is 0 Å². The van der Waals surface area contributed by atoms with Crippen LogP contribution in [0.2, 0.25) is 5.02 Å². The first-order valence-corrected chi connectivity index (χ1v) is 5.05. The van der Waals surface area contributed by atoms with Crippen LogP contribution in [-0.4, -0.2) is 17.3 Å². The van der Waals surface area contributed by atoms with Gasteiger partial charge in [-0.15, -0.1) is 12.4 Å². The predicted molar refractivity (Wildman–Crippen MR) is 62.3 cm³/mol. The smallest absolute Gasteiger partial charge is 0.388 e. The molecule has 0 fully saturated rings. The molecule has 1 aromatic rings. The number of rotatable bonds is 3. The van der Waals surface area contributed by atoms with Crippen molar-refractivity contribution in [3.05, 3.63) is 34.6 Å². The van der Waals surface area contributed by atoms with Crippen molar-refractivity contribution in [2.24, 2.45) is 5.73 Å². The Labute approximate surface area is 112 Å². The van der Waals surface area contributed by atoms with E-state index in [2.05, 4.69) is 0 Å². The van der Waals surface area contributed by atoms with Gasteiger partial charge in [-0.05, 0) is 17.7 Å². The van der Waals surface area contributed by atoms with E-state index < -0.39 is 30.6 Å². The summed E-state index contributed by atoms with van der Waals surface area (Å²) in [5, 5.41) is 9.25. The molecular weight excluding hydrogens is 297 g/mol. The van der Waals surface area contributed by atoms with Gasteiger partial charge in [0, 0.05) is 6.42 Å². The quantitative estimate of drug-likeness (QED) is 0.842. The van der Waals surface area contributed by atoms with E-state index in [4.69, 9.17) is 17.3 Å². The molecule has 2 nitrogen and oxygen atoms in total. The van der Waals surface area contributed by atoms with Crippen LogP contribution in [0.5, 0.6) is 0 Å². The highest BCUT2D eigenvalue weighted by atomic mass is 35.5. The lowest BCUT2D eigenvalue weighted by atomic mass is 10.0. The van der Waals surface area contributed by atoms with Gasteiger partial charge in [-0.25, -0.2) is 4.39 Å². The van der Waals surface area contributed by atoms with Crippen molar-refractivity contribution in [3.63, 3.8) is 0 Å². The largest absolute Gasteiger partial charge is 0.403 e. The molecule has 0 saturated heterocycles. The van der Waals surface area contributed by atoms with Gasteiger partial charge in [0.1, 0.15) is 11.9 Å². The van der Waals surface area contributed by atoms with Gasteiger partial charge in [-0.3, -0.25) is 0 Å². The van der Waals surface area contributed by atoms with Gasteiger partial charge in [0.05, 0.1) is 11.1 Å². The predicted octanol–water partition coefficient (Wildman–Crippen LogP) is 3.21.